The monoisotopic (exact) mass is 354 g/mol. The molecule has 2 aromatic heterocycles. The molecule has 1 N–H and O–H groups in total. The molecule has 1 aliphatic heterocycles. The maximum absolute atomic E-state index is 13.2. The predicted octanol–water partition coefficient (Wildman–Crippen LogP) is 1.36. The number of fused-ring (bicyclic) bond motifs is 2. The highest BCUT2D eigenvalue weighted by molar-refractivity contribution is 6.05. The Kier molecular flexibility index (Phi) is 3.82. The number of aromatic nitrogens is 3. The van der Waals surface area contributed by atoms with Gasteiger partial charge in [0.2, 0.25) is 0 Å². The van der Waals surface area contributed by atoms with Gasteiger partial charge in [-0.25, -0.2) is 9.78 Å². The molecule has 0 spiro atoms. The molecule has 2 atom stereocenters. The van der Waals surface area contributed by atoms with Crippen molar-refractivity contribution in [1.29, 1.82) is 0 Å². The molecule has 0 bridgehead atoms. The number of H-pyrrole nitrogens is 1. The molecule has 2 aliphatic rings. The second-order valence-corrected chi connectivity index (χ2v) is 7.55. The van der Waals surface area contributed by atoms with Gasteiger partial charge in [-0.3, -0.25) is 19.1 Å². The molecule has 0 radical (unpaired) electrons. The van der Waals surface area contributed by atoms with Crippen molar-refractivity contribution in [3.05, 3.63) is 49.8 Å². The normalized spacial score (nSPS) is 22.4. The maximum atomic E-state index is 13.2. The molecule has 0 unspecified atom stereocenters. The van der Waals surface area contributed by atoms with Crippen LogP contribution in [0.15, 0.2) is 27.3 Å². The van der Waals surface area contributed by atoms with E-state index in [2.05, 4.69) is 23.0 Å². The second-order valence-electron chi connectivity index (χ2n) is 7.55. The lowest BCUT2D eigenvalue weighted by Gasteiger charge is -2.21. The van der Waals surface area contributed by atoms with Crippen molar-refractivity contribution in [3.8, 4) is 0 Å². The van der Waals surface area contributed by atoms with Crippen molar-refractivity contribution < 1.29 is 4.79 Å². The first-order chi connectivity index (χ1) is 12.3. The summed E-state index contributed by atoms with van der Waals surface area (Å²) >= 11 is 0. The van der Waals surface area contributed by atoms with Crippen LogP contribution in [0, 0.1) is 18.8 Å². The average Bonchev–Trinajstić information content (AvgIpc) is 3.01. The molecule has 1 aliphatic carbocycles. The molecule has 1 fully saturated rings. The molecule has 136 valence electrons. The number of aryl methyl sites for hydroxylation is 2. The summed E-state index contributed by atoms with van der Waals surface area (Å²) in [5.41, 5.74) is 1.47. The van der Waals surface area contributed by atoms with Crippen LogP contribution in [0.2, 0.25) is 0 Å². The smallest absolute Gasteiger partial charge is 0.329 e. The van der Waals surface area contributed by atoms with Crippen LogP contribution in [0.3, 0.4) is 0 Å². The third-order valence-electron chi connectivity index (χ3n) is 5.65. The lowest BCUT2D eigenvalue weighted by atomic mass is 9.83. The highest BCUT2D eigenvalue weighted by Gasteiger charge is 2.37. The molecular weight excluding hydrogens is 332 g/mol. The molecule has 7 nitrogen and oxygen atoms in total. The van der Waals surface area contributed by atoms with Crippen LogP contribution < -0.4 is 11.2 Å². The zero-order valence-electron chi connectivity index (χ0n) is 15.2. The summed E-state index contributed by atoms with van der Waals surface area (Å²) in [5.74, 6) is 0.817. The van der Waals surface area contributed by atoms with Gasteiger partial charge in [-0.2, -0.15) is 0 Å². The Bertz CT molecular complexity index is 1060. The first-order valence-corrected chi connectivity index (χ1v) is 8.90. The van der Waals surface area contributed by atoms with Gasteiger partial charge in [0.15, 0.2) is 0 Å². The van der Waals surface area contributed by atoms with Gasteiger partial charge >= 0.3 is 5.69 Å². The van der Waals surface area contributed by atoms with Crippen molar-refractivity contribution in [2.45, 2.75) is 26.7 Å². The standard InChI is InChI=1S/C19H22N4O3/c1-10-4-5-12-8-23(9-13(12)6-10)18(25)14-7-11(2)20-16-15(14)17(24)21-19(26)22(16)3/h4,7,12-13H,5-6,8-9H2,1-3H3,(H,21,24,26)/t12-,13+/m1/s1. The number of hydrogen-bond acceptors (Lipinski definition) is 4. The Labute approximate surface area is 150 Å². The fourth-order valence-electron chi connectivity index (χ4n) is 4.25. The minimum absolute atomic E-state index is 0.156. The minimum atomic E-state index is -0.562. The van der Waals surface area contributed by atoms with Gasteiger partial charge in [0.25, 0.3) is 11.5 Å². The summed E-state index contributed by atoms with van der Waals surface area (Å²) in [7, 11) is 1.54. The third kappa shape index (κ3) is 2.58. The summed E-state index contributed by atoms with van der Waals surface area (Å²) in [6, 6.07) is 1.65. The van der Waals surface area contributed by atoms with E-state index < -0.39 is 11.2 Å². The summed E-state index contributed by atoms with van der Waals surface area (Å²) in [6.45, 7) is 5.32. The molecule has 1 saturated heterocycles. The number of nitrogens with zero attached hydrogens (tertiary/aromatic N) is 3. The first kappa shape index (κ1) is 16.8. The number of amides is 1. The second kappa shape index (κ2) is 5.93. The zero-order chi connectivity index (χ0) is 18.6. The van der Waals surface area contributed by atoms with E-state index in [0.717, 1.165) is 12.8 Å². The summed E-state index contributed by atoms with van der Waals surface area (Å²) < 4.78 is 1.28. The number of hydrogen-bond donors (Lipinski definition) is 1. The van der Waals surface area contributed by atoms with Gasteiger partial charge < -0.3 is 4.90 Å². The topological polar surface area (TPSA) is 88.1 Å². The van der Waals surface area contributed by atoms with E-state index in [1.165, 1.54) is 10.1 Å². The molecule has 7 heteroatoms. The zero-order valence-corrected chi connectivity index (χ0v) is 15.2. The highest BCUT2D eigenvalue weighted by Crippen LogP contribution is 2.36. The Morgan fingerprint density at radius 3 is 2.73 bits per heavy atom. The van der Waals surface area contributed by atoms with Gasteiger partial charge in [0, 0.05) is 25.8 Å². The number of likely N-dealkylation sites (tertiary alicyclic amines) is 1. The van der Waals surface area contributed by atoms with E-state index in [1.807, 2.05) is 4.90 Å². The van der Waals surface area contributed by atoms with Crippen LogP contribution in [0.25, 0.3) is 11.0 Å². The van der Waals surface area contributed by atoms with E-state index in [9.17, 15) is 14.4 Å². The fraction of sp³-hybridized carbons (Fsp3) is 0.474. The van der Waals surface area contributed by atoms with E-state index in [4.69, 9.17) is 0 Å². The van der Waals surface area contributed by atoms with Crippen LogP contribution in [0.4, 0.5) is 0 Å². The van der Waals surface area contributed by atoms with Crippen molar-refractivity contribution in [1.82, 2.24) is 19.4 Å². The van der Waals surface area contributed by atoms with Gasteiger partial charge in [-0.15, -0.1) is 0 Å². The average molecular weight is 354 g/mol. The van der Waals surface area contributed by atoms with Gasteiger partial charge in [0.1, 0.15) is 5.65 Å². The van der Waals surface area contributed by atoms with Crippen LogP contribution in [-0.2, 0) is 7.05 Å². The minimum Gasteiger partial charge on any atom is -0.338 e. The van der Waals surface area contributed by atoms with Gasteiger partial charge in [0.05, 0.1) is 10.9 Å². The van der Waals surface area contributed by atoms with E-state index in [-0.39, 0.29) is 16.9 Å². The summed E-state index contributed by atoms with van der Waals surface area (Å²) in [4.78, 5) is 45.9. The van der Waals surface area contributed by atoms with Crippen LogP contribution in [0.1, 0.15) is 35.8 Å². The molecule has 1 amide bonds. The van der Waals surface area contributed by atoms with Crippen LogP contribution >= 0.6 is 0 Å². The number of pyridine rings is 1. The molecule has 26 heavy (non-hydrogen) atoms. The van der Waals surface area contributed by atoms with Gasteiger partial charge in [-0.1, -0.05) is 11.6 Å². The maximum Gasteiger partial charge on any atom is 0.329 e. The Morgan fingerprint density at radius 1 is 1.23 bits per heavy atom. The SMILES string of the molecule is CC1=CC[C@@H]2CN(C(=O)c3cc(C)nc4c3c(=O)[nH]c(=O)n4C)C[C@@H]2C1. The number of carbonyl (C=O) groups is 1. The molecule has 0 aromatic carbocycles. The number of nitrogens with one attached hydrogen (secondary N) is 1. The number of aromatic amines is 1. The number of carbonyl (C=O) groups excluding carboxylic acids is 1. The third-order valence-corrected chi connectivity index (χ3v) is 5.65. The van der Waals surface area contributed by atoms with Crippen molar-refractivity contribution in [3.63, 3.8) is 0 Å². The van der Waals surface area contributed by atoms with E-state index in [0.29, 0.717) is 36.2 Å². The van der Waals surface area contributed by atoms with Crippen molar-refractivity contribution >= 4 is 16.9 Å². The Balaban J connectivity index is 1.78. The first-order valence-electron chi connectivity index (χ1n) is 8.90. The van der Waals surface area contributed by atoms with Gasteiger partial charge in [-0.05, 0) is 44.6 Å². The van der Waals surface area contributed by atoms with E-state index >= 15 is 0 Å². The quantitative estimate of drug-likeness (QED) is 0.783. The molecule has 3 heterocycles. The molecule has 2 aromatic rings. The Hall–Kier alpha value is -2.70. The van der Waals surface area contributed by atoms with Crippen molar-refractivity contribution in [2.75, 3.05) is 13.1 Å². The lowest BCUT2D eigenvalue weighted by molar-refractivity contribution is 0.0785. The van der Waals surface area contributed by atoms with Crippen LogP contribution in [0.5, 0.6) is 0 Å². The Morgan fingerprint density at radius 2 is 1.96 bits per heavy atom. The summed E-state index contributed by atoms with van der Waals surface area (Å²) in [6.07, 6.45) is 4.30. The number of rotatable bonds is 1. The van der Waals surface area contributed by atoms with Crippen molar-refractivity contribution in [2.24, 2.45) is 18.9 Å². The lowest BCUT2D eigenvalue weighted by Crippen LogP contribution is -2.33. The molecular formula is C19H22N4O3. The highest BCUT2D eigenvalue weighted by atomic mass is 16.2. The summed E-state index contributed by atoms with van der Waals surface area (Å²) in [5, 5.41) is 0.187. The fourth-order valence-corrected chi connectivity index (χ4v) is 4.25. The number of allylic oxidation sites excluding steroid dienone is 2. The molecule has 4 rings (SSSR count). The van der Waals surface area contributed by atoms with Crippen LogP contribution in [-0.4, -0.2) is 38.4 Å². The van der Waals surface area contributed by atoms with E-state index in [1.54, 1.807) is 20.0 Å². The largest absolute Gasteiger partial charge is 0.338 e. The molecule has 0 saturated carbocycles. The predicted molar refractivity (Wildman–Crippen MR) is 98.2 cm³/mol.